The molecule has 0 saturated heterocycles. The quantitative estimate of drug-likeness (QED) is 0.918. The van der Waals surface area contributed by atoms with E-state index in [9.17, 15) is 4.79 Å². The zero-order chi connectivity index (χ0) is 13.7. The Labute approximate surface area is 112 Å². The van der Waals surface area contributed by atoms with Gasteiger partial charge in [-0.1, -0.05) is 25.1 Å². The van der Waals surface area contributed by atoms with Gasteiger partial charge in [0.2, 0.25) is 0 Å². The van der Waals surface area contributed by atoms with E-state index in [0.717, 1.165) is 12.1 Å². The summed E-state index contributed by atoms with van der Waals surface area (Å²) >= 11 is 0. The molecule has 0 spiro atoms. The lowest BCUT2D eigenvalue weighted by Gasteiger charge is -2.14. The SMILES string of the molecule is CCC(NC(=O)Oc1ccccc1)c1ccn(C)n1. The van der Waals surface area contributed by atoms with E-state index in [1.807, 2.05) is 44.4 Å². The minimum atomic E-state index is -0.469. The fraction of sp³-hybridized carbons (Fsp3) is 0.286. The van der Waals surface area contributed by atoms with Crippen LogP contribution in [0, 0.1) is 0 Å². The summed E-state index contributed by atoms with van der Waals surface area (Å²) in [5, 5.41) is 7.10. The van der Waals surface area contributed by atoms with Gasteiger partial charge in [-0.15, -0.1) is 0 Å². The van der Waals surface area contributed by atoms with Crippen molar-refractivity contribution < 1.29 is 9.53 Å². The number of rotatable bonds is 4. The second kappa shape index (κ2) is 6.04. The maximum Gasteiger partial charge on any atom is 0.413 e. The average Bonchev–Trinajstić information content (AvgIpc) is 2.83. The first-order valence-corrected chi connectivity index (χ1v) is 6.22. The van der Waals surface area contributed by atoms with Crippen molar-refractivity contribution in [1.29, 1.82) is 0 Å². The second-order valence-corrected chi connectivity index (χ2v) is 4.22. The molecule has 1 amide bonds. The number of carbonyl (C=O) groups excluding carboxylic acids is 1. The van der Waals surface area contributed by atoms with Crippen molar-refractivity contribution in [3.63, 3.8) is 0 Å². The summed E-state index contributed by atoms with van der Waals surface area (Å²) in [6.45, 7) is 1.99. The van der Waals surface area contributed by atoms with Gasteiger partial charge in [0.15, 0.2) is 0 Å². The van der Waals surface area contributed by atoms with Crippen LogP contribution in [0.15, 0.2) is 42.6 Å². The summed E-state index contributed by atoms with van der Waals surface area (Å²) in [4.78, 5) is 11.8. The van der Waals surface area contributed by atoms with Crippen LogP contribution >= 0.6 is 0 Å². The van der Waals surface area contributed by atoms with Gasteiger partial charge >= 0.3 is 6.09 Å². The molecule has 5 nitrogen and oxygen atoms in total. The lowest BCUT2D eigenvalue weighted by molar-refractivity contribution is 0.195. The Kier molecular flexibility index (Phi) is 4.18. The number of ether oxygens (including phenoxy) is 1. The average molecular weight is 259 g/mol. The Hall–Kier alpha value is -2.30. The standard InChI is InChI=1S/C14H17N3O2/c1-3-12(13-9-10-17(2)16-13)15-14(18)19-11-7-5-4-6-8-11/h4-10,12H,3H2,1-2H3,(H,15,18). The first-order valence-electron chi connectivity index (χ1n) is 6.22. The van der Waals surface area contributed by atoms with Gasteiger partial charge in [-0.05, 0) is 24.6 Å². The molecule has 0 saturated carbocycles. The van der Waals surface area contributed by atoms with Gasteiger partial charge in [-0.25, -0.2) is 4.79 Å². The lowest BCUT2D eigenvalue weighted by atomic mass is 10.1. The number of aromatic nitrogens is 2. The molecule has 1 unspecified atom stereocenters. The van der Waals surface area contributed by atoms with Crippen LogP contribution < -0.4 is 10.1 Å². The smallest absolute Gasteiger partial charge is 0.410 e. The molecule has 0 bridgehead atoms. The molecule has 1 atom stereocenters. The molecule has 1 aromatic carbocycles. The van der Waals surface area contributed by atoms with Gasteiger partial charge in [-0.2, -0.15) is 5.10 Å². The van der Waals surface area contributed by atoms with E-state index in [1.165, 1.54) is 0 Å². The number of nitrogens with one attached hydrogen (secondary N) is 1. The molecule has 19 heavy (non-hydrogen) atoms. The number of para-hydroxylation sites is 1. The van der Waals surface area contributed by atoms with Crippen LogP contribution in [0.25, 0.3) is 0 Å². The van der Waals surface area contributed by atoms with Crippen molar-refractivity contribution in [3.8, 4) is 5.75 Å². The van der Waals surface area contributed by atoms with Crippen molar-refractivity contribution in [2.24, 2.45) is 7.05 Å². The first kappa shape index (κ1) is 13.1. The monoisotopic (exact) mass is 259 g/mol. The van der Waals surface area contributed by atoms with Crippen LogP contribution in [0.3, 0.4) is 0 Å². The number of carbonyl (C=O) groups is 1. The minimum absolute atomic E-state index is 0.141. The Bertz CT molecular complexity index is 537. The highest BCUT2D eigenvalue weighted by atomic mass is 16.6. The summed E-state index contributed by atoms with van der Waals surface area (Å²) in [6, 6.07) is 10.7. The molecule has 100 valence electrons. The van der Waals surface area contributed by atoms with E-state index >= 15 is 0 Å². The maximum atomic E-state index is 11.8. The predicted octanol–water partition coefficient (Wildman–Crippen LogP) is 2.66. The number of aryl methyl sites for hydroxylation is 1. The van der Waals surface area contributed by atoms with Gasteiger partial charge in [0.1, 0.15) is 5.75 Å². The van der Waals surface area contributed by atoms with Crippen molar-refractivity contribution in [3.05, 3.63) is 48.3 Å². The summed E-state index contributed by atoms with van der Waals surface area (Å²) < 4.78 is 6.90. The van der Waals surface area contributed by atoms with Crippen molar-refractivity contribution in [1.82, 2.24) is 15.1 Å². The Morgan fingerprint density at radius 2 is 2.11 bits per heavy atom. The molecular formula is C14H17N3O2. The summed E-state index contributed by atoms with van der Waals surface area (Å²) in [7, 11) is 1.85. The van der Waals surface area contributed by atoms with E-state index < -0.39 is 6.09 Å². The van der Waals surface area contributed by atoms with Crippen LogP contribution in [0.2, 0.25) is 0 Å². The molecule has 0 aliphatic rings. The van der Waals surface area contributed by atoms with E-state index in [4.69, 9.17) is 4.74 Å². The molecule has 0 fully saturated rings. The maximum absolute atomic E-state index is 11.8. The normalized spacial score (nSPS) is 11.9. The van der Waals surface area contributed by atoms with Gasteiger partial charge < -0.3 is 10.1 Å². The third-order valence-corrected chi connectivity index (χ3v) is 2.75. The molecule has 2 rings (SSSR count). The van der Waals surface area contributed by atoms with Crippen molar-refractivity contribution >= 4 is 6.09 Å². The third-order valence-electron chi connectivity index (χ3n) is 2.75. The Morgan fingerprint density at radius 1 is 1.37 bits per heavy atom. The molecular weight excluding hydrogens is 242 g/mol. The largest absolute Gasteiger partial charge is 0.413 e. The van der Waals surface area contributed by atoms with Crippen LogP contribution in [0.5, 0.6) is 5.75 Å². The van der Waals surface area contributed by atoms with Crippen molar-refractivity contribution in [2.45, 2.75) is 19.4 Å². The Morgan fingerprint density at radius 3 is 2.68 bits per heavy atom. The molecule has 1 heterocycles. The van der Waals surface area contributed by atoms with E-state index in [-0.39, 0.29) is 6.04 Å². The fourth-order valence-corrected chi connectivity index (χ4v) is 1.77. The highest BCUT2D eigenvalue weighted by Crippen LogP contribution is 2.15. The summed E-state index contributed by atoms with van der Waals surface area (Å²) in [5.41, 5.74) is 0.829. The number of hydrogen-bond acceptors (Lipinski definition) is 3. The highest BCUT2D eigenvalue weighted by Gasteiger charge is 2.16. The molecule has 0 radical (unpaired) electrons. The lowest BCUT2D eigenvalue weighted by Crippen LogP contribution is -2.31. The van der Waals surface area contributed by atoms with Crippen LogP contribution in [0.1, 0.15) is 25.1 Å². The highest BCUT2D eigenvalue weighted by molar-refractivity contribution is 5.70. The van der Waals surface area contributed by atoms with E-state index in [1.54, 1.807) is 16.8 Å². The molecule has 5 heteroatoms. The summed E-state index contributed by atoms with van der Waals surface area (Å²) in [6.07, 6.45) is 2.13. The van der Waals surface area contributed by atoms with Gasteiger partial charge in [0.25, 0.3) is 0 Å². The number of benzene rings is 1. The number of nitrogens with zero attached hydrogens (tertiary/aromatic N) is 2. The second-order valence-electron chi connectivity index (χ2n) is 4.22. The topological polar surface area (TPSA) is 56.1 Å². The van der Waals surface area contributed by atoms with Crippen LogP contribution in [0.4, 0.5) is 4.79 Å². The summed E-state index contributed by atoms with van der Waals surface area (Å²) in [5.74, 6) is 0.524. The zero-order valence-corrected chi connectivity index (χ0v) is 11.0. The fourth-order valence-electron chi connectivity index (χ4n) is 1.77. The molecule has 0 aliphatic heterocycles. The first-order chi connectivity index (χ1) is 9.19. The molecule has 1 N–H and O–H groups in total. The molecule has 1 aromatic heterocycles. The van der Waals surface area contributed by atoms with E-state index in [0.29, 0.717) is 5.75 Å². The zero-order valence-electron chi connectivity index (χ0n) is 11.0. The van der Waals surface area contributed by atoms with Crippen LogP contribution in [-0.2, 0) is 7.05 Å². The minimum Gasteiger partial charge on any atom is -0.410 e. The Balaban J connectivity index is 1.97. The van der Waals surface area contributed by atoms with Crippen LogP contribution in [-0.4, -0.2) is 15.9 Å². The van der Waals surface area contributed by atoms with Gasteiger partial charge in [0.05, 0.1) is 11.7 Å². The van der Waals surface area contributed by atoms with E-state index in [2.05, 4.69) is 10.4 Å². The van der Waals surface area contributed by atoms with Gasteiger partial charge in [0, 0.05) is 13.2 Å². The van der Waals surface area contributed by atoms with Crippen molar-refractivity contribution in [2.75, 3.05) is 0 Å². The molecule has 2 aromatic rings. The predicted molar refractivity (Wildman–Crippen MR) is 71.8 cm³/mol. The number of hydrogen-bond donors (Lipinski definition) is 1. The molecule has 0 aliphatic carbocycles. The third kappa shape index (κ3) is 3.58. The van der Waals surface area contributed by atoms with Gasteiger partial charge in [-0.3, -0.25) is 4.68 Å². The number of amides is 1.